The Morgan fingerprint density at radius 3 is 2.82 bits per heavy atom. The molecule has 0 aliphatic heterocycles. The van der Waals surface area contributed by atoms with Crippen LogP contribution in [0.25, 0.3) is 0 Å². The largest absolute Gasteiger partial charge is 0.465 e. The minimum Gasteiger partial charge on any atom is -0.465 e. The lowest BCUT2D eigenvalue weighted by molar-refractivity contribution is -0.151. The average molecular weight is 233 g/mol. The van der Waals surface area contributed by atoms with Gasteiger partial charge in [0.15, 0.2) is 0 Å². The molecule has 1 aromatic rings. The van der Waals surface area contributed by atoms with E-state index in [1.54, 1.807) is 13.0 Å². The van der Waals surface area contributed by atoms with Crippen molar-refractivity contribution in [3.63, 3.8) is 0 Å². The molecule has 1 atom stereocenters. The van der Waals surface area contributed by atoms with Crippen LogP contribution >= 0.6 is 0 Å². The molecule has 0 aromatic carbocycles. The molecule has 0 saturated heterocycles. The van der Waals surface area contributed by atoms with Crippen LogP contribution < -0.4 is 0 Å². The summed E-state index contributed by atoms with van der Waals surface area (Å²) in [6.07, 6.45) is 2.14. The van der Waals surface area contributed by atoms with Gasteiger partial charge in [-0.05, 0) is 32.9 Å². The van der Waals surface area contributed by atoms with Crippen molar-refractivity contribution < 1.29 is 9.53 Å². The molecule has 3 nitrogen and oxygen atoms in total. The molecule has 0 bridgehead atoms. The summed E-state index contributed by atoms with van der Waals surface area (Å²) in [5, 5.41) is 0. The van der Waals surface area contributed by atoms with Crippen molar-refractivity contribution >= 4 is 5.97 Å². The summed E-state index contributed by atoms with van der Waals surface area (Å²) < 4.78 is 5.06. The Morgan fingerprint density at radius 1 is 1.59 bits per heavy atom. The number of carbonyl (C=O) groups excluding carboxylic acids is 1. The number of esters is 1. The van der Waals surface area contributed by atoms with Crippen LogP contribution in [0.15, 0.2) is 30.9 Å². The summed E-state index contributed by atoms with van der Waals surface area (Å²) in [6, 6.07) is 5.78. The molecule has 0 spiro atoms. The Bertz CT molecular complexity index is 414. The Morgan fingerprint density at radius 2 is 2.29 bits per heavy atom. The van der Waals surface area contributed by atoms with Gasteiger partial charge in [0.05, 0.1) is 12.0 Å². The number of rotatable bonds is 5. The molecule has 0 amide bonds. The molecule has 0 aliphatic rings. The van der Waals surface area contributed by atoms with Crippen LogP contribution in [0.2, 0.25) is 0 Å². The normalized spacial score (nSPS) is 13.8. The number of aromatic nitrogens is 1. The first-order valence-electron chi connectivity index (χ1n) is 5.75. The van der Waals surface area contributed by atoms with Crippen LogP contribution in [-0.2, 0) is 16.0 Å². The lowest BCUT2D eigenvalue weighted by atomic mass is 9.85. The number of hydrogen-bond acceptors (Lipinski definition) is 3. The number of carbonyl (C=O) groups is 1. The third-order valence-corrected chi connectivity index (χ3v) is 2.69. The fraction of sp³-hybridized carbons (Fsp3) is 0.429. The van der Waals surface area contributed by atoms with E-state index in [1.165, 1.54) is 0 Å². The van der Waals surface area contributed by atoms with Gasteiger partial charge < -0.3 is 4.74 Å². The fourth-order valence-corrected chi connectivity index (χ4v) is 1.60. The highest BCUT2D eigenvalue weighted by Gasteiger charge is 2.32. The van der Waals surface area contributed by atoms with Gasteiger partial charge >= 0.3 is 5.97 Å². The topological polar surface area (TPSA) is 39.2 Å². The van der Waals surface area contributed by atoms with E-state index in [0.717, 1.165) is 11.4 Å². The Labute approximate surface area is 103 Å². The van der Waals surface area contributed by atoms with Gasteiger partial charge in [-0.15, -0.1) is 6.58 Å². The van der Waals surface area contributed by atoms with Crippen molar-refractivity contribution in [2.24, 2.45) is 5.41 Å². The molecule has 0 fully saturated rings. The van der Waals surface area contributed by atoms with E-state index in [9.17, 15) is 4.79 Å². The first-order chi connectivity index (χ1) is 8.01. The molecule has 1 aromatic heterocycles. The highest BCUT2D eigenvalue weighted by Crippen LogP contribution is 2.25. The van der Waals surface area contributed by atoms with Crippen molar-refractivity contribution in [3.8, 4) is 0 Å². The summed E-state index contributed by atoms with van der Waals surface area (Å²) in [4.78, 5) is 16.3. The Hall–Kier alpha value is -1.64. The summed E-state index contributed by atoms with van der Waals surface area (Å²) in [7, 11) is 0. The Balaban J connectivity index is 2.89. The molecular weight excluding hydrogens is 214 g/mol. The average Bonchev–Trinajstić information content (AvgIpc) is 2.29. The smallest absolute Gasteiger partial charge is 0.316 e. The van der Waals surface area contributed by atoms with Crippen molar-refractivity contribution in [3.05, 3.63) is 42.2 Å². The zero-order chi connectivity index (χ0) is 12.9. The van der Waals surface area contributed by atoms with E-state index < -0.39 is 5.41 Å². The zero-order valence-electron chi connectivity index (χ0n) is 10.7. The minimum absolute atomic E-state index is 0.252. The van der Waals surface area contributed by atoms with E-state index in [1.807, 2.05) is 32.0 Å². The van der Waals surface area contributed by atoms with E-state index in [2.05, 4.69) is 11.6 Å². The second kappa shape index (κ2) is 5.62. The van der Waals surface area contributed by atoms with Crippen LogP contribution in [0.3, 0.4) is 0 Å². The van der Waals surface area contributed by atoms with Crippen molar-refractivity contribution in [1.82, 2.24) is 4.98 Å². The van der Waals surface area contributed by atoms with Crippen molar-refractivity contribution in [2.75, 3.05) is 6.61 Å². The van der Waals surface area contributed by atoms with E-state index in [4.69, 9.17) is 4.74 Å². The summed E-state index contributed by atoms with van der Waals surface area (Å²) in [5.41, 5.74) is 1.11. The van der Waals surface area contributed by atoms with E-state index in [0.29, 0.717) is 13.0 Å². The first kappa shape index (κ1) is 13.4. The van der Waals surface area contributed by atoms with Crippen LogP contribution in [-0.4, -0.2) is 17.6 Å². The van der Waals surface area contributed by atoms with Crippen molar-refractivity contribution in [2.45, 2.75) is 27.2 Å². The second-order valence-electron chi connectivity index (χ2n) is 4.29. The maximum atomic E-state index is 11.9. The molecule has 0 N–H and O–H groups in total. The maximum absolute atomic E-state index is 11.9. The monoisotopic (exact) mass is 233 g/mol. The first-order valence-corrected chi connectivity index (χ1v) is 5.75. The third-order valence-electron chi connectivity index (χ3n) is 2.69. The van der Waals surface area contributed by atoms with E-state index in [-0.39, 0.29) is 5.97 Å². The number of nitrogens with zero attached hydrogens (tertiary/aromatic N) is 1. The third kappa shape index (κ3) is 3.41. The van der Waals surface area contributed by atoms with Crippen LogP contribution in [0, 0.1) is 12.3 Å². The zero-order valence-corrected chi connectivity index (χ0v) is 10.7. The van der Waals surface area contributed by atoms with Gasteiger partial charge in [-0.1, -0.05) is 12.1 Å². The maximum Gasteiger partial charge on any atom is 0.316 e. The molecular formula is C14H19NO2. The van der Waals surface area contributed by atoms with Gasteiger partial charge in [-0.3, -0.25) is 9.78 Å². The van der Waals surface area contributed by atoms with Gasteiger partial charge in [-0.2, -0.15) is 0 Å². The number of ether oxygens (including phenoxy) is 1. The van der Waals surface area contributed by atoms with Crippen molar-refractivity contribution in [1.29, 1.82) is 0 Å². The molecule has 1 unspecified atom stereocenters. The quantitative estimate of drug-likeness (QED) is 0.580. The van der Waals surface area contributed by atoms with Crippen LogP contribution in [0.4, 0.5) is 0 Å². The van der Waals surface area contributed by atoms with E-state index >= 15 is 0 Å². The van der Waals surface area contributed by atoms with Gasteiger partial charge in [0.1, 0.15) is 0 Å². The number of pyridine rings is 1. The highest BCUT2D eigenvalue weighted by molar-refractivity contribution is 5.78. The molecule has 17 heavy (non-hydrogen) atoms. The van der Waals surface area contributed by atoms with Gasteiger partial charge in [0.25, 0.3) is 0 Å². The molecule has 0 radical (unpaired) electrons. The predicted molar refractivity (Wildman–Crippen MR) is 67.6 cm³/mol. The molecule has 0 saturated carbocycles. The number of hydrogen-bond donors (Lipinski definition) is 0. The molecule has 92 valence electrons. The predicted octanol–water partition coefficient (Wildman–Crippen LogP) is 2.69. The molecule has 1 rings (SSSR count). The lowest BCUT2D eigenvalue weighted by Gasteiger charge is -2.22. The van der Waals surface area contributed by atoms with Crippen LogP contribution in [0.1, 0.15) is 25.2 Å². The molecule has 1 heterocycles. The minimum atomic E-state index is -0.712. The van der Waals surface area contributed by atoms with Gasteiger partial charge in [-0.25, -0.2) is 0 Å². The van der Waals surface area contributed by atoms with Crippen LogP contribution in [0.5, 0.6) is 0 Å². The summed E-state index contributed by atoms with van der Waals surface area (Å²) >= 11 is 0. The second-order valence-corrected chi connectivity index (χ2v) is 4.29. The van der Waals surface area contributed by atoms with Gasteiger partial charge in [0, 0.05) is 17.8 Å². The summed E-state index contributed by atoms with van der Waals surface area (Å²) in [5.74, 6) is -0.252. The van der Waals surface area contributed by atoms with Gasteiger partial charge in [0.2, 0.25) is 0 Å². The summed E-state index contributed by atoms with van der Waals surface area (Å²) in [6.45, 7) is 9.65. The molecule has 0 aliphatic carbocycles. The SMILES string of the molecule is C=CC(C)(Cc1cccc(C)n1)C(=O)OCC. The Kier molecular flexibility index (Phi) is 4.44. The lowest BCUT2D eigenvalue weighted by Crippen LogP contribution is -2.30. The highest BCUT2D eigenvalue weighted by atomic mass is 16.5. The standard InChI is InChI=1S/C14H19NO2/c1-5-14(4,13(16)17-6-2)10-12-9-7-8-11(3)15-12/h5,7-9H,1,6,10H2,2-4H3. The fourth-order valence-electron chi connectivity index (χ4n) is 1.60. The molecule has 3 heteroatoms. The number of aryl methyl sites for hydroxylation is 1.